The highest BCUT2D eigenvalue weighted by atomic mass is 32.2. The molecule has 0 aliphatic carbocycles. The predicted molar refractivity (Wildman–Crippen MR) is 102 cm³/mol. The van der Waals surface area contributed by atoms with E-state index in [2.05, 4.69) is 17.3 Å². The van der Waals surface area contributed by atoms with Gasteiger partial charge in [0.1, 0.15) is 0 Å². The summed E-state index contributed by atoms with van der Waals surface area (Å²) in [6, 6.07) is 7.42. The van der Waals surface area contributed by atoms with E-state index >= 15 is 0 Å². The number of aryl methyl sites for hydroxylation is 3. The summed E-state index contributed by atoms with van der Waals surface area (Å²) in [6.07, 6.45) is 1.65. The zero-order valence-electron chi connectivity index (χ0n) is 16.0. The molecular weight excluding hydrogens is 348 g/mol. The van der Waals surface area contributed by atoms with E-state index in [4.69, 9.17) is 0 Å². The van der Waals surface area contributed by atoms with Gasteiger partial charge in [-0.3, -0.25) is 4.68 Å². The van der Waals surface area contributed by atoms with E-state index in [9.17, 15) is 8.42 Å². The highest BCUT2D eigenvalue weighted by Crippen LogP contribution is 2.21. The van der Waals surface area contributed by atoms with Crippen LogP contribution in [-0.4, -0.2) is 41.6 Å². The summed E-state index contributed by atoms with van der Waals surface area (Å²) in [5.74, 6) is 0. The molecule has 7 heteroatoms. The van der Waals surface area contributed by atoms with Gasteiger partial charge in [-0.1, -0.05) is 17.7 Å². The van der Waals surface area contributed by atoms with Crippen LogP contribution in [0.15, 0.2) is 29.2 Å². The molecule has 1 aromatic carbocycles. The molecule has 26 heavy (non-hydrogen) atoms. The minimum Gasteiger partial charge on any atom is -0.310 e. The third-order valence-electron chi connectivity index (χ3n) is 5.34. The lowest BCUT2D eigenvalue weighted by Gasteiger charge is -2.31. The Bertz CT molecular complexity index is 864. The third-order valence-corrected chi connectivity index (χ3v) is 7.25. The molecular formula is C19H28N4O2S. The molecule has 0 bridgehead atoms. The molecule has 142 valence electrons. The highest BCUT2D eigenvalue weighted by molar-refractivity contribution is 7.89. The zero-order chi connectivity index (χ0) is 18.9. The van der Waals surface area contributed by atoms with Gasteiger partial charge in [0.15, 0.2) is 0 Å². The van der Waals surface area contributed by atoms with Gasteiger partial charge in [0.25, 0.3) is 0 Å². The average Bonchev–Trinajstić information content (AvgIpc) is 2.86. The molecule has 1 N–H and O–H groups in total. The lowest BCUT2D eigenvalue weighted by molar-refractivity contribution is 0.288. The Hall–Kier alpha value is -1.70. The first-order valence-corrected chi connectivity index (χ1v) is 10.5. The van der Waals surface area contributed by atoms with E-state index in [1.807, 2.05) is 37.7 Å². The van der Waals surface area contributed by atoms with Gasteiger partial charge < -0.3 is 5.32 Å². The number of hydrogen-bond acceptors (Lipinski definition) is 4. The van der Waals surface area contributed by atoms with Crippen molar-refractivity contribution in [1.29, 1.82) is 0 Å². The fourth-order valence-electron chi connectivity index (χ4n) is 3.48. The van der Waals surface area contributed by atoms with Crippen LogP contribution in [0, 0.1) is 20.8 Å². The van der Waals surface area contributed by atoms with E-state index in [-0.39, 0.29) is 0 Å². The monoisotopic (exact) mass is 376 g/mol. The van der Waals surface area contributed by atoms with E-state index in [0.29, 0.717) is 24.0 Å². The molecule has 1 fully saturated rings. The van der Waals surface area contributed by atoms with Gasteiger partial charge in [0.05, 0.1) is 10.6 Å². The number of benzene rings is 1. The van der Waals surface area contributed by atoms with Crippen molar-refractivity contribution in [3.8, 4) is 0 Å². The zero-order valence-corrected chi connectivity index (χ0v) is 16.8. The number of nitrogens with one attached hydrogen (secondary N) is 1. The molecule has 1 saturated heterocycles. The Morgan fingerprint density at radius 2 is 1.73 bits per heavy atom. The van der Waals surface area contributed by atoms with Crippen molar-refractivity contribution in [2.45, 2.75) is 51.1 Å². The van der Waals surface area contributed by atoms with Gasteiger partial charge in [0, 0.05) is 44.0 Å². The molecule has 0 atom stereocenters. The molecule has 3 rings (SSSR count). The van der Waals surface area contributed by atoms with Crippen LogP contribution >= 0.6 is 0 Å². The van der Waals surface area contributed by atoms with Crippen molar-refractivity contribution in [1.82, 2.24) is 19.4 Å². The number of nitrogens with zero attached hydrogens (tertiary/aromatic N) is 3. The standard InChI is InChI=1S/C19H28N4O2S/c1-14-5-7-18(8-6-14)26(24,25)23-11-9-17(10-12-23)20-13-19-15(2)21-22(4)16(19)3/h5-8,17,20H,9-13H2,1-4H3. The SMILES string of the molecule is Cc1ccc(S(=O)(=O)N2CCC(NCc3c(C)nn(C)c3C)CC2)cc1. The summed E-state index contributed by atoms with van der Waals surface area (Å²) in [7, 11) is -1.43. The van der Waals surface area contributed by atoms with Crippen LogP contribution in [0.25, 0.3) is 0 Å². The Kier molecular flexibility index (Phi) is 5.50. The first-order chi connectivity index (χ1) is 12.3. The van der Waals surface area contributed by atoms with Crippen LogP contribution < -0.4 is 5.32 Å². The minimum absolute atomic E-state index is 0.332. The second-order valence-corrected chi connectivity index (χ2v) is 9.08. The Morgan fingerprint density at radius 1 is 1.12 bits per heavy atom. The number of hydrogen-bond donors (Lipinski definition) is 1. The maximum absolute atomic E-state index is 12.8. The molecule has 0 unspecified atom stereocenters. The average molecular weight is 377 g/mol. The van der Waals surface area contributed by atoms with Crippen molar-refractivity contribution in [3.05, 3.63) is 46.8 Å². The van der Waals surface area contributed by atoms with Crippen LogP contribution in [0.4, 0.5) is 0 Å². The normalized spacial score (nSPS) is 16.9. The van der Waals surface area contributed by atoms with Crippen molar-refractivity contribution in [2.75, 3.05) is 13.1 Å². The summed E-state index contributed by atoms with van der Waals surface area (Å²) in [5.41, 5.74) is 4.53. The molecule has 1 aromatic heterocycles. The van der Waals surface area contributed by atoms with Gasteiger partial charge >= 0.3 is 0 Å². The number of piperidine rings is 1. The van der Waals surface area contributed by atoms with Crippen molar-refractivity contribution >= 4 is 10.0 Å². The highest BCUT2D eigenvalue weighted by Gasteiger charge is 2.29. The van der Waals surface area contributed by atoms with E-state index in [0.717, 1.165) is 30.6 Å². The summed E-state index contributed by atoms with van der Waals surface area (Å²) in [4.78, 5) is 0.385. The summed E-state index contributed by atoms with van der Waals surface area (Å²) >= 11 is 0. The second kappa shape index (κ2) is 7.50. The van der Waals surface area contributed by atoms with Gasteiger partial charge in [-0.05, 0) is 45.7 Å². The maximum atomic E-state index is 12.8. The Balaban J connectivity index is 1.58. The topological polar surface area (TPSA) is 67.2 Å². The maximum Gasteiger partial charge on any atom is 0.243 e. The van der Waals surface area contributed by atoms with Crippen LogP contribution in [-0.2, 0) is 23.6 Å². The number of sulfonamides is 1. The van der Waals surface area contributed by atoms with Crippen LogP contribution in [0.2, 0.25) is 0 Å². The molecule has 0 amide bonds. The molecule has 2 aromatic rings. The molecule has 1 aliphatic rings. The molecule has 2 heterocycles. The van der Waals surface area contributed by atoms with Crippen LogP contribution in [0.1, 0.15) is 35.4 Å². The minimum atomic E-state index is -3.39. The summed E-state index contributed by atoms with van der Waals surface area (Å²) in [5, 5.41) is 8.02. The number of rotatable bonds is 5. The third kappa shape index (κ3) is 3.84. The van der Waals surface area contributed by atoms with Crippen LogP contribution in [0.5, 0.6) is 0 Å². The van der Waals surface area contributed by atoms with Gasteiger partial charge in [-0.15, -0.1) is 0 Å². The van der Waals surface area contributed by atoms with Gasteiger partial charge in [0.2, 0.25) is 10.0 Å². The molecule has 1 aliphatic heterocycles. The largest absolute Gasteiger partial charge is 0.310 e. The second-order valence-electron chi connectivity index (χ2n) is 7.15. The first kappa shape index (κ1) is 19.1. The molecule has 6 nitrogen and oxygen atoms in total. The molecule has 0 radical (unpaired) electrons. The molecule has 0 saturated carbocycles. The van der Waals surface area contributed by atoms with Crippen molar-refractivity contribution < 1.29 is 8.42 Å². The van der Waals surface area contributed by atoms with E-state index < -0.39 is 10.0 Å². The number of aromatic nitrogens is 2. The Morgan fingerprint density at radius 3 is 2.27 bits per heavy atom. The lowest BCUT2D eigenvalue weighted by Crippen LogP contribution is -2.44. The Labute approximate surface area is 156 Å². The van der Waals surface area contributed by atoms with Crippen molar-refractivity contribution in [3.63, 3.8) is 0 Å². The fourth-order valence-corrected chi connectivity index (χ4v) is 4.95. The van der Waals surface area contributed by atoms with E-state index in [1.54, 1.807) is 16.4 Å². The predicted octanol–water partition coefficient (Wildman–Crippen LogP) is 2.29. The fraction of sp³-hybridized carbons (Fsp3) is 0.526. The van der Waals surface area contributed by atoms with E-state index in [1.165, 1.54) is 11.3 Å². The quantitative estimate of drug-likeness (QED) is 0.869. The smallest absolute Gasteiger partial charge is 0.243 e. The van der Waals surface area contributed by atoms with Crippen molar-refractivity contribution in [2.24, 2.45) is 7.05 Å². The first-order valence-electron chi connectivity index (χ1n) is 9.08. The lowest BCUT2D eigenvalue weighted by atomic mass is 10.1. The van der Waals surface area contributed by atoms with Gasteiger partial charge in [-0.2, -0.15) is 9.40 Å². The molecule has 0 spiro atoms. The van der Waals surface area contributed by atoms with Crippen LogP contribution in [0.3, 0.4) is 0 Å². The summed E-state index contributed by atoms with van der Waals surface area (Å²) in [6.45, 7) is 7.95. The summed E-state index contributed by atoms with van der Waals surface area (Å²) < 4.78 is 29.1. The van der Waals surface area contributed by atoms with Gasteiger partial charge in [-0.25, -0.2) is 8.42 Å².